The molecule has 0 aliphatic carbocycles. The summed E-state index contributed by atoms with van der Waals surface area (Å²) < 4.78 is 0.468. The molecule has 7 heavy (non-hydrogen) atoms. The highest BCUT2D eigenvalue weighted by Crippen LogP contribution is 2.07. The maximum absolute atomic E-state index is 6.91. The Kier molecular flexibility index (Phi) is 4.23. The summed E-state index contributed by atoms with van der Waals surface area (Å²) in [6.45, 7) is 0. The van der Waals surface area contributed by atoms with Gasteiger partial charge in [0.15, 0.2) is 0 Å². The molecule has 40 valence electrons. The lowest BCUT2D eigenvalue weighted by atomic mass is 11.7. The second-order valence-electron chi connectivity index (χ2n) is 0.727. The number of rotatable bonds is 1. The molecule has 0 aromatic rings. The summed E-state index contributed by atoms with van der Waals surface area (Å²) in [7, 11) is 0. The van der Waals surface area contributed by atoms with Gasteiger partial charge in [0.25, 0.3) is 0 Å². The van der Waals surface area contributed by atoms with Crippen molar-refractivity contribution in [3.8, 4) is 0 Å². The molecule has 0 aromatic heterocycles. The monoisotopic (exact) mass is 134 g/mol. The van der Waals surface area contributed by atoms with Gasteiger partial charge >= 0.3 is 0 Å². The third-order valence-electron chi connectivity index (χ3n) is 0.351. The van der Waals surface area contributed by atoms with Gasteiger partial charge in [-0.15, -0.1) is 11.8 Å². The summed E-state index contributed by atoms with van der Waals surface area (Å²) in [4.78, 5) is 0. The van der Waals surface area contributed by atoms with E-state index in [4.69, 9.17) is 10.8 Å². The van der Waals surface area contributed by atoms with Crippen LogP contribution in [0, 0.1) is 10.8 Å². The third kappa shape index (κ3) is 3.88. The first-order valence-corrected chi connectivity index (χ1v) is 3.70. The third-order valence-corrected chi connectivity index (χ3v) is 1.84. The molecule has 0 unspecified atom stereocenters. The molecular formula is C3H6N2S2. The second-order valence-corrected chi connectivity index (χ2v) is 2.68. The zero-order chi connectivity index (χ0) is 5.70. The highest BCUT2D eigenvalue weighted by Gasteiger charge is 1.86. The minimum absolute atomic E-state index is 0.468. The van der Waals surface area contributed by atoms with Crippen molar-refractivity contribution in [2.45, 2.75) is 0 Å². The highest BCUT2D eigenvalue weighted by atomic mass is 32.2. The van der Waals surface area contributed by atoms with Gasteiger partial charge in [0.1, 0.15) is 4.38 Å². The fourth-order valence-electron chi connectivity index (χ4n) is 0.102. The molecule has 0 fully saturated rings. The molecule has 2 N–H and O–H groups in total. The van der Waals surface area contributed by atoms with Crippen LogP contribution < -0.4 is 0 Å². The molecule has 0 bridgehead atoms. The van der Waals surface area contributed by atoms with Crippen molar-refractivity contribution in [3.05, 3.63) is 0 Å². The highest BCUT2D eigenvalue weighted by molar-refractivity contribution is 8.43. The van der Waals surface area contributed by atoms with E-state index in [-0.39, 0.29) is 0 Å². The average Bonchev–Trinajstić information content (AvgIpc) is 1.68. The van der Waals surface area contributed by atoms with Gasteiger partial charge in [0.2, 0.25) is 0 Å². The van der Waals surface area contributed by atoms with Crippen molar-refractivity contribution in [2.24, 2.45) is 0 Å². The van der Waals surface area contributed by atoms with Crippen LogP contribution in [0.5, 0.6) is 0 Å². The predicted molar refractivity (Wildman–Crippen MR) is 37.6 cm³/mol. The normalized spacial score (nSPS) is 8.14. The van der Waals surface area contributed by atoms with E-state index in [1.165, 1.54) is 11.8 Å². The fraction of sp³-hybridized carbons (Fsp3) is 0.333. The molecule has 0 aliphatic rings. The number of thioether (sulfide) groups is 2. The Morgan fingerprint density at radius 3 is 2.43 bits per heavy atom. The Hall–Kier alpha value is 0.0400. The SMILES string of the molecule is CSC(=N)SC=N. The van der Waals surface area contributed by atoms with Gasteiger partial charge in [-0.2, -0.15) is 0 Å². The van der Waals surface area contributed by atoms with Crippen molar-refractivity contribution in [3.63, 3.8) is 0 Å². The molecule has 0 aromatic carbocycles. The molecular weight excluding hydrogens is 128 g/mol. The predicted octanol–water partition coefficient (Wildman–Crippen LogP) is 1.62. The van der Waals surface area contributed by atoms with Crippen LogP contribution in [0.15, 0.2) is 0 Å². The van der Waals surface area contributed by atoms with Crippen molar-refractivity contribution in [1.29, 1.82) is 10.8 Å². The lowest BCUT2D eigenvalue weighted by Crippen LogP contribution is -1.75. The first-order chi connectivity index (χ1) is 3.31. The lowest BCUT2D eigenvalue weighted by Gasteiger charge is -1.86. The summed E-state index contributed by atoms with van der Waals surface area (Å²) in [5.41, 5.74) is 1.15. The Labute approximate surface area is 51.1 Å². The standard InChI is InChI=1S/C3H6N2S2/c1-6-3(5)7-2-4/h2,4-5H,1H3. The topological polar surface area (TPSA) is 47.7 Å². The van der Waals surface area contributed by atoms with Crippen LogP contribution in [0.25, 0.3) is 0 Å². The molecule has 0 radical (unpaired) electrons. The molecule has 0 rings (SSSR count). The van der Waals surface area contributed by atoms with Gasteiger partial charge in [0.05, 0.1) is 5.55 Å². The van der Waals surface area contributed by atoms with E-state index in [0.717, 1.165) is 17.3 Å². The second kappa shape index (κ2) is 4.21. The summed E-state index contributed by atoms with van der Waals surface area (Å²) in [5.74, 6) is 0. The zero-order valence-corrected chi connectivity index (χ0v) is 5.53. The van der Waals surface area contributed by atoms with Crippen molar-refractivity contribution in [2.75, 3.05) is 6.26 Å². The van der Waals surface area contributed by atoms with Crippen LogP contribution in [0.3, 0.4) is 0 Å². The number of nitrogens with one attached hydrogen (secondary N) is 2. The Balaban J connectivity index is 3.17. The van der Waals surface area contributed by atoms with E-state index >= 15 is 0 Å². The molecule has 0 amide bonds. The van der Waals surface area contributed by atoms with E-state index in [1.807, 2.05) is 6.26 Å². The van der Waals surface area contributed by atoms with Crippen molar-refractivity contribution >= 4 is 33.4 Å². The summed E-state index contributed by atoms with van der Waals surface area (Å²) in [6.07, 6.45) is 1.82. The minimum atomic E-state index is 0.468. The smallest absolute Gasteiger partial charge is 0.127 e. The molecule has 4 heteroatoms. The van der Waals surface area contributed by atoms with Crippen LogP contribution in [0.1, 0.15) is 0 Å². The Bertz CT molecular complexity index is 81.0. The van der Waals surface area contributed by atoms with Crippen LogP contribution in [0.2, 0.25) is 0 Å². The van der Waals surface area contributed by atoms with Crippen LogP contribution in [-0.4, -0.2) is 16.2 Å². The maximum Gasteiger partial charge on any atom is 0.127 e. The molecule has 0 saturated heterocycles. The zero-order valence-electron chi connectivity index (χ0n) is 3.89. The fourth-order valence-corrected chi connectivity index (χ4v) is 0.738. The summed E-state index contributed by atoms with van der Waals surface area (Å²) in [6, 6.07) is 0. The molecule has 0 atom stereocenters. The lowest BCUT2D eigenvalue weighted by molar-refractivity contribution is 1.59. The van der Waals surface area contributed by atoms with Gasteiger partial charge in [-0.05, 0) is 6.26 Å². The largest absolute Gasteiger partial charge is 0.301 e. The van der Waals surface area contributed by atoms with Gasteiger partial charge in [-0.3, -0.25) is 5.41 Å². The van der Waals surface area contributed by atoms with Crippen LogP contribution in [-0.2, 0) is 0 Å². The average molecular weight is 134 g/mol. The Morgan fingerprint density at radius 1 is 1.71 bits per heavy atom. The van der Waals surface area contributed by atoms with Gasteiger partial charge < -0.3 is 5.41 Å². The maximum atomic E-state index is 6.91. The van der Waals surface area contributed by atoms with Gasteiger partial charge in [-0.1, -0.05) is 11.8 Å². The van der Waals surface area contributed by atoms with E-state index < -0.39 is 0 Å². The number of hydrogen-bond acceptors (Lipinski definition) is 4. The number of hydrogen-bond donors (Lipinski definition) is 2. The summed E-state index contributed by atoms with van der Waals surface area (Å²) in [5, 5.41) is 13.4. The molecule has 0 saturated carbocycles. The van der Waals surface area contributed by atoms with Crippen molar-refractivity contribution in [1.82, 2.24) is 0 Å². The van der Waals surface area contributed by atoms with Gasteiger partial charge in [0, 0.05) is 0 Å². The summed E-state index contributed by atoms with van der Waals surface area (Å²) >= 11 is 2.46. The van der Waals surface area contributed by atoms with E-state index in [1.54, 1.807) is 0 Å². The minimum Gasteiger partial charge on any atom is -0.301 e. The van der Waals surface area contributed by atoms with E-state index in [0.29, 0.717) is 4.38 Å². The van der Waals surface area contributed by atoms with E-state index in [9.17, 15) is 0 Å². The van der Waals surface area contributed by atoms with Gasteiger partial charge in [-0.25, -0.2) is 0 Å². The van der Waals surface area contributed by atoms with Crippen LogP contribution >= 0.6 is 23.5 Å². The first kappa shape index (κ1) is 7.04. The van der Waals surface area contributed by atoms with Crippen molar-refractivity contribution < 1.29 is 0 Å². The molecule has 0 aliphatic heterocycles. The first-order valence-electron chi connectivity index (χ1n) is 1.59. The molecule has 2 nitrogen and oxygen atoms in total. The van der Waals surface area contributed by atoms with E-state index in [2.05, 4.69) is 0 Å². The molecule has 0 spiro atoms. The quantitative estimate of drug-likeness (QED) is 0.423. The molecule has 0 heterocycles. The Morgan fingerprint density at radius 2 is 2.29 bits per heavy atom. The van der Waals surface area contributed by atoms with Crippen LogP contribution in [0.4, 0.5) is 0 Å².